The quantitative estimate of drug-likeness (QED) is 0.915. The van der Waals surface area contributed by atoms with Gasteiger partial charge in [-0.1, -0.05) is 22.0 Å². The molecule has 0 saturated carbocycles. The predicted octanol–water partition coefficient (Wildman–Crippen LogP) is 2.15. The molecule has 0 unspecified atom stereocenters. The van der Waals surface area contributed by atoms with Crippen LogP contribution in [-0.2, 0) is 17.9 Å². The van der Waals surface area contributed by atoms with Gasteiger partial charge in [0.1, 0.15) is 6.61 Å². The molecule has 0 fully saturated rings. The summed E-state index contributed by atoms with van der Waals surface area (Å²) < 4.78 is 7.92. The van der Waals surface area contributed by atoms with Crippen LogP contribution in [0.2, 0.25) is 0 Å². The van der Waals surface area contributed by atoms with E-state index in [1.807, 2.05) is 29.7 Å². The van der Waals surface area contributed by atoms with Crippen molar-refractivity contribution in [2.75, 3.05) is 13.7 Å². The fourth-order valence-electron chi connectivity index (χ4n) is 1.87. The molecule has 6 heteroatoms. The van der Waals surface area contributed by atoms with Crippen LogP contribution in [0.25, 0.3) is 11.4 Å². The fraction of sp³-hybridized carbons (Fsp3) is 0.385. The van der Waals surface area contributed by atoms with Crippen molar-refractivity contribution in [1.82, 2.24) is 14.8 Å². The number of hydrogen-bond donors (Lipinski definition) is 1. The Morgan fingerprint density at radius 3 is 2.79 bits per heavy atom. The SMILES string of the molecule is COCCn1c(CO)nnc1-c1ccc(C)cc1Br. The van der Waals surface area contributed by atoms with Crippen LogP contribution < -0.4 is 0 Å². The molecule has 2 rings (SSSR count). The second-order valence-corrected chi connectivity index (χ2v) is 5.08. The van der Waals surface area contributed by atoms with Gasteiger partial charge in [0.2, 0.25) is 0 Å². The number of hydrogen-bond acceptors (Lipinski definition) is 4. The molecule has 2 aromatic rings. The fourth-order valence-corrected chi connectivity index (χ4v) is 2.54. The lowest BCUT2D eigenvalue weighted by Gasteiger charge is -2.10. The first-order valence-corrected chi connectivity index (χ1v) is 6.75. The first kappa shape index (κ1) is 14.2. The van der Waals surface area contributed by atoms with Gasteiger partial charge in [-0.2, -0.15) is 0 Å². The van der Waals surface area contributed by atoms with Crippen LogP contribution in [0.15, 0.2) is 22.7 Å². The van der Waals surface area contributed by atoms with Crippen LogP contribution in [0.5, 0.6) is 0 Å². The lowest BCUT2D eigenvalue weighted by Crippen LogP contribution is -2.10. The number of ether oxygens (including phenoxy) is 1. The molecule has 0 bridgehead atoms. The Kier molecular flexibility index (Phi) is 4.68. The first-order valence-electron chi connectivity index (χ1n) is 5.95. The molecule has 0 aliphatic carbocycles. The first-order chi connectivity index (χ1) is 9.17. The Morgan fingerprint density at radius 2 is 2.16 bits per heavy atom. The van der Waals surface area contributed by atoms with Crippen LogP contribution in [0.1, 0.15) is 11.4 Å². The van der Waals surface area contributed by atoms with Crippen LogP contribution in [-0.4, -0.2) is 33.6 Å². The van der Waals surface area contributed by atoms with Crippen molar-refractivity contribution in [3.05, 3.63) is 34.1 Å². The van der Waals surface area contributed by atoms with Crippen molar-refractivity contribution in [2.45, 2.75) is 20.1 Å². The van der Waals surface area contributed by atoms with E-state index < -0.39 is 0 Å². The second kappa shape index (κ2) is 6.27. The smallest absolute Gasteiger partial charge is 0.165 e. The minimum atomic E-state index is -0.139. The molecule has 0 saturated heterocycles. The van der Waals surface area contributed by atoms with E-state index in [0.29, 0.717) is 19.0 Å². The van der Waals surface area contributed by atoms with Gasteiger partial charge in [0.15, 0.2) is 11.6 Å². The highest BCUT2D eigenvalue weighted by Gasteiger charge is 2.15. The number of aryl methyl sites for hydroxylation is 1. The highest BCUT2D eigenvalue weighted by atomic mass is 79.9. The lowest BCUT2D eigenvalue weighted by atomic mass is 10.1. The van der Waals surface area contributed by atoms with Gasteiger partial charge in [0.25, 0.3) is 0 Å². The van der Waals surface area contributed by atoms with Crippen LogP contribution in [0, 0.1) is 6.92 Å². The second-order valence-electron chi connectivity index (χ2n) is 4.23. The summed E-state index contributed by atoms with van der Waals surface area (Å²) in [6.07, 6.45) is 0. The number of benzene rings is 1. The summed E-state index contributed by atoms with van der Waals surface area (Å²) in [4.78, 5) is 0. The molecule has 1 N–H and O–H groups in total. The van der Waals surface area contributed by atoms with Gasteiger partial charge >= 0.3 is 0 Å². The number of aliphatic hydroxyl groups excluding tert-OH is 1. The van der Waals surface area contributed by atoms with Crippen LogP contribution >= 0.6 is 15.9 Å². The summed E-state index contributed by atoms with van der Waals surface area (Å²) in [6, 6.07) is 6.05. The summed E-state index contributed by atoms with van der Waals surface area (Å²) in [5.74, 6) is 1.27. The van der Waals surface area contributed by atoms with Crippen LogP contribution in [0.3, 0.4) is 0 Å². The monoisotopic (exact) mass is 325 g/mol. The number of rotatable bonds is 5. The Bertz CT molecular complexity index is 569. The Hall–Kier alpha value is -1.24. The van der Waals surface area contributed by atoms with Crippen molar-refractivity contribution in [3.8, 4) is 11.4 Å². The minimum Gasteiger partial charge on any atom is -0.388 e. The maximum atomic E-state index is 9.32. The third-order valence-electron chi connectivity index (χ3n) is 2.85. The molecule has 0 radical (unpaired) electrons. The van der Waals surface area contributed by atoms with E-state index in [4.69, 9.17) is 4.74 Å². The topological polar surface area (TPSA) is 60.2 Å². The molecular weight excluding hydrogens is 310 g/mol. The lowest BCUT2D eigenvalue weighted by molar-refractivity contribution is 0.183. The highest BCUT2D eigenvalue weighted by Crippen LogP contribution is 2.28. The summed E-state index contributed by atoms with van der Waals surface area (Å²) in [6.45, 7) is 3.04. The molecule has 0 aliphatic rings. The molecule has 0 spiro atoms. The summed E-state index contributed by atoms with van der Waals surface area (Å²) >= 11 is 3.54. The van der Waals surface area contributed by atoms with Gasteiger partial charge in [0, 0.05) is 23.7 Å². The van der Waals surface area contributed by atoms with Crippen molar-refractivity contribution in [2.24, 2.45) is 0 Å². The van der Waals surface area contributed by atoms with Gasteiger partial charge in [-0.25, -0.2) is 0 Å². The van der Waals surface area contributed by atoms with Crippen molar-refractivity contribution < 1.29 is 9.84 Å². The van der Waals surface area contributed by atoms with Crippen molar-refractivity contribution in [1.29, 1.82) is 0 Å². The number of nitrogens with zero attached hydrogens (tertiary/aromatic N) is 3. The Labute approximate surface area is 120 Å². The summed E-state index contributed by atoms with van der Waals surface area (Å²) in [5, 5.41) is 17.5. The van der Waals surface area contributed by atoms with E-state index >= 15 is 0 Å². The van der Waals surface area contributed by atoms with Crippen LogP contribution in [0.4, 0.5) is 0 Å². The zero-order chi connectivity index (χ0) is 13.8. The number of aromatic nitrogens is 3. The average molecular weight is 326 g/mol. The maximum Gasteiger partial charge on any atom is 0.165 e. The van der Waals surface area contributed by atoms with Gasteiger partial charge in [-0.15, -0.1) is 10.2 Å². The van der Waals surface area contributed by atoms with E-state index in [2.05, 4.69) is 26.1 Å². The molecule has 1 aromatic heterocycles. The van der Waals surface area contributed by atoms with Crippen molar-refractivity contribution >= 4 is 15.9 Å². The van der Waals surface area contributed by atoms with E-state index in [9.17, 15) is 5.11 Å². The highest BCUT2D eigenvalue weighted by molar-refractivity contribution is 9.10. The van der Waals surface area contributed by atoms with Gasteiger partial charge in [-0.3, -0.25) is 0 Å². The zero-order valence-corrected chi connectivity index (χ0v) is 12.5. The van der Waals surface area contributed by atoms with E-state index in [0.717, 1.165) is 15.9 Å². The standard InChI is InChI=1S/C13H16BrN3O2/c1-9-3-4-10(11(14)7-9)13-16-15-12(8-18)17(13)5-6-19-2/h3-4,7,18H,5-6,8H2,1-2H3. The average Bonchev–Trinajstić information content (AvgIpc) is 2.79. The molecule has 0 atom stereocenters. The molecule has 1 heterocycles. The summed E-state index contributed by atoms with van der Waals surface area (Å²) in [7, 11) is 1.64. The molecule has 19 heavy (non-hydrogen) atoms. The maximum absolute atomic E-state index is 9.32. The molecular formula is C13H16BrN3O2. The predicted molar refractivity (Wildman–Crippen MR) is 75.7 cm³/mol. The molecule has 0 aliphatic heterocycles. The van der Waals surface area contributed by atoms with E-state index in [1.54, 1.807) is 7.11 Å². The molecule has 102 valence electrons. The number of aliphatic hydroxyl groups is 1. The van der Waals surface area contributed by atoms with Crippen molar-refractivity contribution in [3.63, 3.8) is 0 Å². The third kappa shape index (κ3) is 3.02. The van der Waals surface area contributed by atoms with E-state index in [-0.39, 0.29) is 6.61 Å². The normalized spacial score (nSPS) is 10.9. The Balaban J connectivity index is 2.46. The largest absolute Gasteiger partial charge is 0.388 e. The summed E-state index contributed by atoms with van der Waals surface area (Å²) in [5.41, 5.74) is 2.12. The van der Waals surface area contributed by atoms with E-state index in [1.165, 1.54) is 5.56 Å². The minimum absolute atomic E-state index is 0.139. The third-order valence-corrected chi connectivity index (χ3v) is 3.51. The molecule has 5 nitrogen and oxygen atoms in total. The molecule has 1 aromatic carbocycles. The molecule has 0 amide bonds. The van der Waals surface area contributed by atoms with Gasteiger partial charge in [0.05, 0.1) is 6.61 Å². The van der Waals surface area contributed by atoms with Gasteiger partial charge < -0.3 is 14.4 Å². The zero-order valence-electron chi connectivity index (χ0n) is 10.9. The van der Waals surface area contributed by atoms with Gasteiger partial charge in [-0.05, 0) is 24.6 Å². The Morgan fingerprint density at radius 1 is 1.37 bits per heavy atom. The number of methoxy groups -OCH3 is 1. The number of halogens is 1.